The number of aliphatic hydroxyl groups excluding tert-OH is 3. The number of benzene rings is 3. The molecular weight excluding hydrogens is 524 g/mol. The van der Waals surface area contributed by atoms with E-state index < -0.39 is 60.1 Å². The molecule has 1 saturated heterocycles. The zero-order valence-electron chi connectivity index (χ0n) is 21.9. The van der Waals surface area contributed by atoms with Crippen molar-refractivity contribution >= 4 is 22.5 Å². The zero-order chi connectivity index (χ0) is 29.4. The highest BCUT2D eigenvalue weighted by molar-refractivity contribution is 6.11. The Morgan fingerprint density at radius 2 is 1.75 bits per heavy atom. The van der Waals surface area contributed by atoms with Gasteiger partial charge in [0.2, 0.25) is 6.29 Å². The number of carboxylic acids is 1. The molecule has 0 radical (unpaired) electrons. The van der Waals surface area contributed by atoms with Crippen molar-refractivity contribution in [3.8, 4) is 17.2 Å². The average molecular weight is 557 g/mol. The number of carboxylic acid groups (broad SMARTS) is 1. The van der Waals surface area contributed by atoms with Crippen molar-refractivity contribution in [1.82, 2.24) is 0 Å². The summed E-state index contributed by atoms with van der Waals surface area (Å²) in [7, 11) is 0. The highest BCUT2D eigenvalue weighted by Gasteiger charge is 2.54. The van der Waals surface area contributed by atoms with Crippen molar-refractivity contribution < 1.29 is 54.8 Å². The molecule has 0 aromatic heterocycles. The van der Waals surface area contributed by atoms with Gasteiger partial charge in [-0.15, -0.1) is 0 Å². The molecular formula is C29H32O11. The van der Waals surface area contributed by atoms with E-state index in [4.69, 9.17) is 9.47 Å². The third-order valence-electron chi connectivity index (χ3n) is 7.52. The molecule has 0 spiro atoms. The minimum atomic E-state index is -2.01. The van der Waals surface area contributed by atoms with Gasteiger partial charge in [0.1, 0.15) is 41.2 Å². The summed E-state index contributed by atoms with van der Waals surface area (Å²) in [4.78, 5) is 25.1. The average Bonchev–Trinajstić information content (AvgIpc) is 2.95. The highest BCUT2D eigenvalue weighted by Crippen LogP contribution is 2.46. The molecule has 1 heterocycles. The fourth-order valence-corrected chi connectivity index (χ4v) is 5.11. The van der Waals surface area contributed by atoms with Crippen molar-refractivity contribution in [3.63, 3.8) is 0 Å². The molecule has 7 N–H and O–H groups in total. The first-order valence-corrected chi connectivity index (χ1v) is 12.8. The van der Waals surface area contributed by atoms with E-state index in [0.29, 0.717) is 6.42 Å². The molecule has 11 heteroatoms. The molecule has 1 fully saturated rings. The van der Waals surface area contributed by atoms with Crippen LogP contribution < -0.4 is 4.74 Å². The van der Waals surface area contributed by atoms with Crippen LogP contribution in [-0.2, 0) is 11.2 Å². The van der Waals surface area contributed by atoms with Crippen molar-refractivity contribution in [3.05, 3.63) is 64.7 Å². The molecule has 3 aromatic carbocycles. The van der Waals surface area contributed by atoms with E-state index in [2.05, 4.69) is 0 Å². The molecule has 5 atom stereocenters. The van der Waals surface area contributed by atoms with Crippen molar-refractivity contribution in [1.29, 1.82) is 0 Å². The summed E-state index contributed by atoms with van der Waals surface area (Å²) in [5.74, 6) is -3.30. The number of aryl methyl sites for hydroxylation is 1. The SMILES string of the molecule is CC[C@]1(O)[C@H](O)[C@@H](O)[C@H](Oc2cc(C(=O)O)cc3c(O)c(C)c(C(=O)CCc4ccccc4)c(O)c23)O[C@@H]1CO. The maximum absolute atomic E-state index is 13.3. The first kappa shape index (κ1) is 29.2. The van der Waals surface area contributed by atoms with Gasteiger partial charge in [-0.1, -0.05) is 37.3 Å². The van der Waals surface area contributed by atoms with Crippen LogP contribution in [0.5, 0.6) is 17.2 Å². The van der Waals surface area contributed by atoms with Crippen molar-refractivity contribution in [2.24, 2.45) is 0 Å². The summed E-state index contributed by atoms with van der Waals surface area (Å²) in [6.07, 6.45) is -6.51. The number of hydrogen-bond acceptors (Lipinski definition) is 10. The van der Waals surface area contributed by atoms with Gasteiger partial charge in [-0.2, -0.15) is 0 Å². The molecule has 0 saturated carbocycles. The number of Topliss-reactive ketones (excluding diaryl/α,β-unsaturated/α-hetero) is 1. The Bertz CT molecular complexity index is 1420. The maximum Gasteiger partial charge on any atom is 0.335 e. The van der Waals surface area contributed by atoms with Crippen LogP contribution in [-0.4, -0.2) is 84.3 Å². The van der Waals surface area contributed by atoms with Crippen molar-refractivity contribution in [2.75, 3.05) is 6.61 Å². The van der Waals surface area contributed by atoms with Gasteiger partial charge in [-0.3, -0.25) is 4.79 Å². The molecule has 0 bridgehead atoms. The molecule has 40 heavy (non-hydrogen) atoms. The Kier molecular flexibility index (Phi) is 8.33. The predicted molar refractivity (Wildman–Crippen MR) is 142 cm³/mol. The number of carbonyl (C=O) groups excluding carboxylic acids is 1. The molecule has 0 aliphatic carbocycles. The molecule has 0 unspecified atom stereocenters. The third kappa shape index (κ3) is 5.09. The molecule has 214 valence electrons. The summed E-state index contributed by atoms with van der Waals surface area (Å²) in [6.45, 7) is 2.20. The summed E-state index contributed by atoms with van der Waals surface area (Å²) < 4.78 is 11.3. The van der Waals surface area contributed by atoms with E-state index in [1.54, 1.807) is 0 Å². The second-order valence-corrected chi connectivity index (χ2v) is 9.88. The van der Waals surface area contributed by atoms with Crippen molar-refractivity contribution in [2.45, 2.75) is 63.3 Å². The standard InChI is InChI=1S/C29H32O11/c1-3-29(38)20(13-30)40-28(25(34)26(29)35)39-19-12-16(27(36)37)11-17-22(19)24(33)21(14(2)23(17)32)18(31)10-9-15-7-5-4-6-8-15/h4-8,11-12,20,25-26,28,30,32-35,38H,3,9-10,13H2,1-2H3,(H,36,37)/t20-,25-,26-,28-,29-/m1/s1. The zero-order valence-corrected chi connectivity index (χ0v) is 21.9. The number of phenolic OH excluding ortho intramolecular Hbond substituents is 2. The van der Waals surface area contributed by atoms with Crippen LogP contribution in [0.4, 0.5) is 0 Å². The van der Waals surface area contributed by atoms with Gasteiger partial charge in [-0.05, 0) is 37.5 Å². The van der Waals surface area contributed by atoms with E-state index in [1.165, 1.54) is 13.8 Å². The Morgan fingerprint density at radius 3 is 2.35 bits per heavy atom. The lowest BCUT2D eigenvalue weighted by Crippen LogP contribution is -2.67. The number of ether oxygens (including phenoxy) is 2. The number of hydrogen-bond donors (Lipinski definition) is 7. The van der Waals surface area contributed by atoms with E-state index in [1.807, 2.05) is 30.3 Å². The summed E-state index contributed by atoms with van der Waals surface area (Å²) in [5, 5.41) is 73.4. The van der Waals surface area contributed by atoms with Gasteiger partial charge in [0.25, 0.3) is 0 Å². The van der Waals surface area contributed by atoms with Crippen LogP contribution in [0, 0.1) is 6.92 Å². The molecule has 4 rings (SSSR count). The number of phenols is 2. The van der Waals surface area contributed by atoms with Crippen LogP contribution >= 0.6 is 0 Å². The lowest BCUT2D eigenvalue weighted by atomic mass is 9.82. The fourth-order valence-electron chi connectivity index (χ4n) is 5.11. The van der Waals surface area contributed by atoms with Crippen LogP contribution in [0.1, 0.15) is 51.6 Å². The van der Waals surface area contributed by atoms with Gasteiger partial charge >= 0.3 is 5.97 Å². The lowest BCUT2D eigenvalue weighted by Gasteiger charge is -2.47. The summed E-state index contributed by atoms with van der Waals surface area (Å²) >= 11 is 0. The lowest BCUT2D eigenvalue weighted by molar-refractivity contribution is -0.313. The van der Waals surface area contributed by atoms with Gasteiger partial charge in [-0.25, -0.2) is 4.79 Å². The monoisotopic (exact) mass is 556 g/mol. The number of aromatic carboxylic acids is 1. The number of carbonyl (C=O) groups is 2. The van der Waals surface area contributed by atoms with E-state index in [0.717, 1.165) is 17.7 Å². The maximum atomic E-state index is 13.3. The molecule has 1 aliphatic rings. The van der Waals surface area contributed by atoms with Gasteiger partial charge in [0, 0.05) is 17.4 Å². The van der Waals surface area contributed by atoms with Crippen LogP contribution in [0.15, 0.2) is 42.5 Å². The minimum absolute atomic E-state index is 0.00279. The van der Waals surface area contributed by atoms with Gasteiger partial charge in [0.15, 0.2) is 5.78 Å². The fraction of sp³-hybridized carbons (Fsp3) is 0.379. The number of aromatic hydroxyl groups is 2. The quantitative estimate of drug-likeness (QED) is 0.151. The summed E-state index contributed by atoms with van der Waals surface area (Å²) in [5.41, 5.74) is -1.62. The third-order valence-corrected chi connectivity index (χ3v) is 7.52. The van der Waals surface area contributed by atoms with Crippen LogP contribution in [0.2, 0.25) is 0 Å². The first-order chi connectivity index (χ1) is 18.9. The van der Waals surface area contributed by atoms with E-state index in [9.17, 15) is 45.3 Å². The van der Waals surface area contributed by atoms with E-state index in [-0.39, 0.29) is 46.1 Å². The highest BCUT2D eigenvalue weighted by atomic mass is 16.7. The van der Waals surface area contributed by atoms with Gasteiger partial charge < -0.3 is 45.2 Å². The van der Waals surface area contributed by atoms with Crippen LogP contribution in [0.3, 0.4) is 0 Å². The number of aliphatic hydroxyl groups is 4. The largest absolute Gasteiger partial charge is 0.507 e. The Balaban J connectivity index is 1.81. The summed E-state index contributed by atoms with van der Waals surface area (Å²) in [6, 6.07) is 11.3. The number of rotatable bonds is 9. The molecule has 0 amide bonds. The minimum Gasteiger partial charge on any atom is -0.507 e. The molecule has 3 aromatic rings. The second-order valence-electron chi connectivity index (χ2n) is 9.88. The normalized spacial score (nSPS) is 24.6. The predicted octanol–water partition coefficient (Wildman–Crippen LogP) is 2.03. The second kappa shape index (κ2) is 11.4. The number of fused-ring (bicyclic) bond motifs is 1. The Hall–Kier alpha value is -3.74. The Morgan fingerprint density at radius 1 is 1.07 bits per heavy atom. The van der Waals surface area contributed by atoms with E-state index >= 15 is 0 Å². The van der Waals surface area contributed by atoms with Gasteiger partial charge in [0.05, 0.1) is 23.1 Å². The Labute approximate surface area is 229 Å². The van der Waals surface area contributed by atoms with Crippen LogP contribution in [0.25, 0.3) is 10.8 Å². The molecule has 1 aliphatic heterocycles. The number of ketones is 1. The smallest absolute Gasteiger partial charge is 0.335 e. The topological polar surface area (TPSA) is 194 Å². The first-order valence-electron chi connectivity index (χ1n) is 12.8. The molecule has 11 nitrogen and oxygen atoms in total.